The Morgan fingerprint density at radius 3 is 2.47 bits per heavy atom. The molecule has 3 aromatic rings. The third-order valence-electron chi connectivity index (χ3n) is 5.91. The molecule has 0 aromatic heterocycles. The van der Waals surface area contributed by atoms with Crippen LogP contribution in [0.3, 0.4) is 0 Å². The zero-order valence-corrected chi connectivity index (χ0v) is 18.9. The number of nitrogens with zero attached hydrogens (tertiary/aromatic N) is 3. The van der Waals surface area contributed by atoms with Crippen LogP contribution in [0.25, 0.3) is 0 Å². The first-order valence-corrected chi connectivity index (χ1v) is 12.2. The van der Waals surface area contributed by atoms with Crippen LogP contribution in [0.2, 0.25) is 0 Å². The van der Waals surface area contributed by atoms with E-state index in [2.05, 4.69) is 4.90 Å². The summed E-state index contributed by atoms with van der Waals surface area (Å²) in [6.45, 7) is 5.45. The van der Waals surface area contributed by atoms with Crippen molar-refractivity contribution >= 4 is 21.5 Å². The molecule has 2 aliphatic rings. The van der Waals surface area contributed by atoms with Crippen molar-refractivity contribution in [3.63, 3.8) is 0 Å². The van der Waals surface area contributed by atoms with Gasteiger partial charge >= 0.3 is 0 Å². The van der Waals surface area contributed by atoms with E-state index in [0.717, 1.165) is 34.1 Å². The zero-order chi connectivity index (χ0) is 22.3. The minimum atomic E-state index is -3.54. The second-order valence-corrected chi connectivity index (χ2v) is 10.1. The number of hydrogen-bond acceptors (Lipinski definition) is 5. The Labute approximate surface area is 188 Å². The van der Waals surface area contributed by atoms with Crippen molar-refractivity contribution < 1.29 is 13.2 Å². The molecular weight excluding hydrogens is 422 g/mol. The molecule has 0 spiro atoms. The van der Waals surface area contributed by atoms with Crippen LogP contribution >= 0.6 is 0 Å². The Bertz CT molecular complexity index is 1290. The second-order valence-electron chi connectivity index (χ2n) is 8.23. The summed E-state index contributed by atoms with van der Waals surface area (Å²) in [4.78, 5) is 7.47. The molecule has 32 heavy (non-hydrogen) atoms. The minimum Gasteiger partial charge on any atom is -0.454 e. The molecule has 0 bridgehead atoms. The predicted octanol–water partition coefficient (Wildman–Crippen LogP) is 4.57. The molecule has 1 atom stereocenters. The lowest BCUT2D eigenvalue weighted by atomic mass is 10.1. The Morgan fingerprint density at radius 2 is 1.69 bits per heavy atom. The fourth-order valence-corrected chi connectivity index (χ4v) is 5.92. The van der Waals surface area contributed by atoms with E-state index in [0.29, 0.717) is 24.5 Å². The van der Waals surface area contributed by atoms with Crippen LogP contribution in [0.5, 0.6) is 11.5 Å². The number of benzene rings is 3. The van der Waals surface area contributed by atoms with E-state index in [1.54, 1.807) is 28.6 Å². The zero-order valence-electron chi connectivity index (χ0n) is 18.1. The van der Waals surface area contributed by atoms with Crippen LogP contribution in [0.1, 0.15) is 18.1 Å². The van der Waals surface area contributed by atoms with Crippen LogP contribution in [0.4, 0.5) is 5.69 Å². The molecule has 0 radical (unpaired) electrons. The largest absolute Gasteiger partial charge is 0.454 e. The topological polar surface area (TPSA) is 62.2 Å². The molecule has 3 aromatic carbocycles. The van der Waals surface area contributed by atoms with Gasteiger partial charge in [0.25, 0.3) is 0 Å². The average molecular weight is 448 g/mol. The molecule has 1 saturated heterocycles. The van der Waals surface area contributed by atoms with Gasteiger partial charge in [-0.05, 0) is 55.8 Å². The van der Waals surface area contributed by atoms with E-state index in [-0.39, 0.29) is 6.04 Å². The molecule has 0 N–H and O–H groups in total. The standard InChI is InChI=1S/C25H25N3O3S/c1-18-12-13-22-24(16-18)31-23-11-7-6-10-21(23)25(26-22)27-14-15-28(19(2)17-27)32(29,30)20-8-4-3-5-9-20/h3-13,16,19H,14-15,17H2,1-2H3. The van der Waals surface area contributed by atoms with Gasteiger partial charge in [-0.2, -0.15) is 4.31 Å². The van der Waals surface area contributed by atoms with Crippen LogP contribution in [0.15, 0.2) is 82.7 Å². The van der Waals surface area contributed by atoms with E-state index in [1.165, 1.54) is 0 Å². The molecule has 0 saturated carbocycles. The molecule has 2 aliphatic heterocycles. The lowest BCUT2D eigenvalue weighted by molar-refractivity contribution is 0.206. The van der Waals surface area contributed by atoms with Crippen LogP contribution in [-0.4, -0.2) is 49.1 Å². The number of fused-ring (bicyclic) bond motifs is 2. The number of piperazine rings is 1. The van der Waals surface area contributed by atoms with Crippen molar-refractivity contribution in [2.75, 3.05) is 19.6 Å². The maximum atomic E-state index is 13.2. The van der Waals surface area contributed by atoms with Gasteiger partial charge < -0.3 is 9.64 Å². The third kappa shape index (κ3) is 3.67. The van der Waals surface area contributed by atoms with Gasteiger partial charge in [0.05, 0.1) is 10.5 Å². The normalized spacial score (nSPS) is 18.8. The van der Waals surface area contributed by atoms with Crippen molar-refractivity contribution in [3.8, 4) is 11.5 Å². The molecule has 164 valence electrons. The second kappa shape index (κ2) is 8.07. The summed E-state index contributed by atoms with van der Waals surface area (Å²) in [5.74, 6) is 2.29. The highest BCUT2D eigenvalue weighted by Crippen LogP contribution is 2.39. The van der Waals surface area contributed by atoms with E-state index in [1.807, 2.05) is 62.4 Å². The van der Waals surface area contributed by atoms with Gasteiger partial charge in [-0.15, -0.1) is 0 Å². The molecule has 1 unspecified atom stereocenters. The molecule has 2 heterocycles. The van der Waals surface area contributed by atoms with E-state index in [9.17, 15) is 8.42 Å². The molecule has 7 heteroatoms. The quantitative estimate of drug-likeness (QED) is 0.577. The van der Waals surface area contributed by atoms with Gasteiger partial charge in [0.15, 0.2) is 5.75 Å². The van der Waals surface area contributed by atoms with Gasteiger partial charge in [-0.25, -0.2) is 13.4 Å². The third-order valence-corrected chi connectivity index (χ3v) is 7.93. The number of sulfonamides is 1. The summed E-state index contributed by atoms with van der Waals surface area (Å²) in [6.07, 6.45) is 0. The first-order chi connectivity index (χ1) is 15.4. The Hall–Kier alpha value is -3.16. The number of aliphatic imine (C=N–C) groups is 1. The van der Waals surface area contributed by atoms with Crippen molar-refractivity contribution in [3.05, 3.63) is 83.9 Å². The van der Waals surface area contributed by atoms with Crippen molar-refractivity contribution in [2.24, 2.45) is 4.99 Å². The number of aryl methyl sites for hydroxylation is 1. The molecular formula is C25H25N3O3S. The summed E-state index contributed by atoms with van der Waals surface area (Å²) in [7, 11) is -3.54. The minimum absolute atomic E-state index is 0.203. The Kier molecular flexibility index (Phi) is 5.23. The van der Waals surface area contributed by atoms with Gasteiger partial charge in [0, 0.05) is 25.7 Å². The number of ether oxygens (including phenoxy) is 1. The Balaban J connectivity index is 1.48. The van der Waals surface area contributed by atoms with E-state index >= 15 is 0 Å². The molecule has 5 rings (SSSR count). The lowest BCUT2D eigenvalue weighted by Crippen LogP contribution is -2.55. The van der Waals surface area contributed by atoms with Gasteiger partial charge in [-0.3, -0.25) is 0 Å². The number of amidine groups is 1. The summed E-state index contributed by atoms with van der Waals surface area (Å²) in [6, 6.07) is 22.3. The molecule has 6 nitrogen and oxygen atoms in total. The van der Waals surface area contributed by atoms with E-state index < -0.39 is 10.0 Å². The maximum Gasteiger partial charge on any atom is 0.243 e. The summed E-state index contributed by atoms with van der Waals surface area (Å²) < 4.78 is 34.2. The van der Waals surface area contributed by atoms with Gasteiger partial charge in [-0.1, -0.05) is 36.4 Å². The Morgan fingerprint density at radius 1 is 0.938 bits per heavy atom. The highest BCUT2D eigenvalue weighted by molar-refractivity contribution is 7.89. The molecule has 1 fully saturated rings. The van der Waals surface area contributed by atoms with Crippen LogP contribution in [-0.2, 0) is 10.0 Å². The fourth-order valence-electron chi connectivity index (χ4n) is 4.29. The SMILES string of the molecule is Cc1ccc2c(c1)Oc1ccccc1C(N1CCN(S(=O)(=O)c3ccccc3)C(C)C1)=N2. The average Bonchev–Trinajstić information content (AvgIpc) is 2.95. The van der Waals surface area contributed by atoms with E-state index in [4.69, 9.17) is 9.73 Å². The summed E-state index contributed by atoms with van der Waals surface area (Å²) in [5, 5.41) is 0. The van der Waals surface area contributed by atoms with Crippen molar-refractivity contribution in [2.45, 2.75) is 24.8 Å². The van der Waals surface area contributed by atoms with Crippen LogP contribution in [0, 0.1) is 6.92 Å². The number of hydrogen-bond donors (Lipinski definition) is 0. The lowest BCUT2D eigenvalue weighted by Gasteiger charge is -2.40. The van der Waals surface area contributed by atoms with Crippen molar-refractivity contribution in [1.82, 2.24) is 9.21 Å². The first-order valence-electron chi connectivity index (χ1n) is 10.7. The first kappa shape index (κ1) is 20.7. The fraction of sp³-hybridized carbons (Fsp3) is 0.240. The number of para-hydroxylation sites is 1. The highest BCUT2D eigenvalue weighted by Gasteiger charge is 2.35. The maximum absolute atomic E-state index is 13.2. The summed E-state index contributed by atoms with van der Waals surface area (Å²) >= 11 is 0. The summed E-state index contributed by atoms with van der Waals surface area (Å²) in [5.41, 5.74) is 2.79. The monoisotopic (exact) mass is 447 g/mol. The van der Waals surface area contributed by atoms with Gasteiger partial charge in [0.1, 0.15) is 17.3 Å². The highest BCUT2D eigenvalue weighted by atomic mass is 32.2. The molecule has 0 aliphatic carbocycles. The van der Waals surface area contributed by atoms with Gasteiger partial charge in [0.2, 0.25) is 10.0 Å². The van der Waals surface area contributed by atoms with Crippen molar-refractivity contribution in [1.29, 1.82) is 0 Å². The van der Waals surface area contributed by atoms with Crippen LogP contribution < -0.4 is 4.74 Å². The number of rotatable bonds is 2. The predicted molar refractivity (Wildman–Crippen MR) is 125 cm³/mol. The smallest absolute Gasteiger partial charge is 0.243 e. The molecule has 0 amide bonds.